The lowest BCUT2D eigenvalue weighted by Gasteiger charge is -2.06. The van der Waals surface area contributed by atoms with E-state index in [9.17, 15) is 0 Å². The van der Waals surface area contributed by atoms with Crippen molar-refractivity contribution in [2.24, 2.45) is 5.10 Å². The number of hydrazone groups is 1. The summed E-state index contributed by atoms with van der Waals surface area (Å²) in [6, 6.07) is 17.0. The molecule has 3 aromatic rings. The maximum absolute atomic E-state index is 5.13. The Bertz CT molecular complexity index is 894. The number of benzene rings is 2. The van der Waals surface area contributed by atoms with Crippen molar-refractivity contribution in [1.29, 1.82) is 0 Å². The molecule has 0 saturated carbocycles. The molecule has 25 heavy (non-hydrogen) atoms. The Hall–Kier alpha value is -2.66. The highest BCUT2D eigenvalue weighted by atomic mass is 32.1. The Balaban J connectivity index is 1.86. The molecule has 0 unspecified atom stereocenters. The van der Waals surface area contributed by atoms with Crippen LogP contribution >= 0.6 is 12.2 Å². The van der Waals surface area contributed by atoms with E-state index in [2.05, 4.69) is 76.0 Å². The van der Waals surface area contributed by atoms with Gasteiger partial charge in [0.15, 0.2) is 5.11 Å². The number of rotatable bonds is 5. The topological polar surface area (TPSA) is 41.4 Å². The van der Waals surface area contributed by atoms with Crippen LogP contribution in [-0.2, 0) is 6.54 Å². The molecule has 2 aromatic carbocycles. The largest absolute Gasteiger partial charge is 0.362 e. The zero-order valence-corrected chi connectivity index (χ0v) is 15.3. The van der Waals surface area contributed by atoms with Gasteiger partial charge in [0.25, 0.3) is 0 Å². The van der Waals surface area contributed by atoms with E-state index in [4.69, 9.17) is 12.2 Å². The molecule has 3 rings (SSSR count). The van der Waals surface area contributed by atoms with Crippen LogP contribution in [0.25, 0.3) is 10.9 Å². The molecule has 2 N–H and O–H groups in total. The molecule has 0 saturated heterocycles. The van der Waals surface area contributed by atoms with Crippen molar-refractivity contribution in [3.8, 4) is 0 Å². The number of hydrogen-bond acceptors (Lipinski definition) is 2. The minimum atomic E-state index is 0.530. The summed E-state index contributed by atoms with van der Waals surface area (Å²) in [5, 5.41) is 8.97. The standard InChI is InChI=1S/C20H22N4S/c1-3-21-20(25)23-22-12-17-14-24(19-7-5-4-6-18(17)19)13-16-10-8-15(2)9-11-16/h4-12,14H,3,13H2,1-2H3,(H2,21,23,25)/b22-12-. The van der Waals surface area contributed by atoms with Gasteiger partial charge < -0.3 is 9.88 Å². The third-order valence-electron chi connectivity index (χ3n) is 4.00. The third kappa shape index (κ3) is 4.25. The Kier molecular flexibility index (Phi) is 5.46. The molecule has 0 aliphatic heterocycles. The van der Waals surface area contributed by atoms with Crippen LogP contribution < -0.4 is 10.7 Å². The van der Waals surface area contributed by atoms with Gasteiger partial charge in [-0.25, -0.2) is 0 Å². The first-order valence-electron chi connectivity index (χ1n) is 8.37. The molecule has 0 amide bonds. The van der Waals surface area contributed by atoms with E-state index in [-0.39, 0.29) is 0 Å². The molecular weight excluding hydrogens is 328 g/mol. The van der Waals surface area contributed by atoms with E-state index in [0.29, 0.717) is 5.11 Å². The first-order chi connectivity index (χ1) is 12.2. The van der Waals surface area contributed by atoms with Gasteiger partial charge in [0, 0.05) is 35.8 Å². The summed E-state index contributed by atoms with van der Waals surface area (Å²) < 4.78 is 2.25. The van der Waals surface area contributed by atoms with Crippen molar-refractivity contribution in [3.63, 3.8) is 0 Å². The monoisotopic (exact) mass is 350 g/mol. The third-order valence-corrected chi connectivity index (χ3v) is 4.24. The summed E-state index contributed by atoms with van der Waals surface area (Å²) in [7, 11) is 0. The average molecular weight is 350 g/mol. The lowest BCUT2D eigenvalue weighted by atomic mass is 10.1. The Morgan fingerprint density at radius 2 is 1.92 bits per heavy atom. The molecule has 0 radical (unpaired) electrons. The fourth-order valence-electron chi connectivity index (χ4n) is 2.76. The summed E-state index contributed by atoms with van der Waals surface area (Å²) in [5.74, 6) is 0. The minimum Gasteiger partial charge on any atom is -0.362 e. The Morgan fingerprint density at radius 1 is 1.16 bits per heavy atom. The van der Waals surface area contributed by atoms with Gasteiger partial charge >= 0.3 is 0 Å². The van der Waals surface area contributed by atoms with Crippen LogP contribution in [0, 0.1) is 6.92 Å². The number of aryl methyl sites for hydroxylation is 1. The first kappa shape index (κ1) is 17.2. The van der Waals surface area contributed by atoms with Gasteiger partial charge in [0.2, 0.25) is 0 Å². The highest BCUT2D eigenvalue weighted by molar-refractivity contribution is 7.80. The van der Waals surface area contributed by atoms with Gasteiger partial charge in [-0.15, -0.1) is 0 Å². The molecule has 128 valence electrons. The average Bonchev–Trinajstić information content (AvgIpc) is 2.95. The van der Waals surface area contributed by atoms with Crippen LogP contribution in [0.5, 0.6) is 0 Å². The predicted octanol–water partition coefficient (Wildman–Crippen LogP) is 3.82. The van der Waals surface area contributed by atoms with Crippen LogP contribution in [0.2, 0.25) is 0 Å². The fraction of sp³-hybridized carbons (Fsp3) is 0.200. The quantitative estimate of drug-likeness (QED) is 0.418. The van der Waals surface area contributed by atoms with Gasteiger partial charge in [-0.3, -0.25) is 5.43 Å². The van der Waals surface area contributed by atoms with Gasteiger partial charge in [0.05, 0.1) is 6.21 Å². The number of hydrogen-bond donors (Lipinski definition) is 2. The van der Waals surface area contributed by atoms with E-state index in [1.165, 1.54) is 22.0 Å². The zero-order chi connectivity index (χ0) is 17.6. The SMILES string of the molecule is CCNC(=S)N/N=C\c1cn(Cc2ccc(C)cc2)c2ccccc12. The summed E-state index contributed by atoms with van der Waals surface area (Å²) in [5.41, 5.74) is 7.65. The molecule has 0 bridgehead atoms. The molecule has 5 heteroatoms. The van der Waals surface area contributed by atoms with Gasteiger partial charge in [-0.2, -0.15) is 5.10 Å². The normalized spacial score (nSPS) is 11.1. The van der Waals surface area contributed by atoms with Crippen LogP contribution in [0.15, 0.2) is 59.8 Å². The van der Waals surface area contributed by atoms with Crippen LogP contribution in [0.3, 0.4) is 0 Å². The number of aromatic nitrogens is 1. The molecule has 0 atom stereocenters. The summed E-state index contributed by atoms with van der Waals surface area (Å²) in [6.07, 6.45) is 3.95. The predicted molar refractivity (Wildman–Crippen MR) is 109 cm³/mol. The number of para-hydroxylation sites is 1. The molecule has 0 aliphatic rings. The number of thiocarbonyl (C=S) groups is 1. The van der Waals surface area contributed by atoms with Crippen molar-refractivity contribution >= 4 is 34.4 Å². The molecule has 1 aromatic heterocycles. The van der Waals surface area contributed by atoms with Crippen LogP contribution in [0.4, 0.5) is 0 Å². The van der Waals surface area contributed by atoms with Crippen molar-refractivity contribution in [2.45, 2.75) is 20.4 Å². The molecule has 0 aliphatic carbocycles. The summed E-state index contributed by atoms with van der Waals surface area (Å²) in [6.45, 7) is 5.71. The van der Waals surface area contributed by atoms with Crippen molar-refractivity contribution in [2.75, 3.05) is 6.54 Å². The number of nitrogens with one attached hydrogen (secondary N) is 2. The smallest absolute Gasteiger partial charge is 0.186 e. The number of nitrogens with zero attached hydrogens (tertiary/aromatic N) is 2. The van der Waals surface area contributed by atoms with Gasteiger partial charge in [-0.05, 0) is 37.7 Å². The fourth-order valence-corrected chi connectivity index (χ4v) is 2.96. The van der Waals surface area contributed by atoms with Crippen LogP contribution in [-0.4, -0.2) is 22.4 Å². The van der Waals surface area contributed by atoms with E-state index in [0.717, 1.165) is 18.7 Å². The first-order valence-corrected chi connectivity index (χ1v) is 8.78. The van der Waals surface area contributed by atoms with E-state index >= 15 is 0 Å². The van der Waals surface area contributed by atoms with Crippen molar-refractivity contribution in [1.82, 2.24) is 15.3 Å². The zero-order valence-electron chi connectivity index (χ0n) is 14.5. The Morgan fingerprint density at radius 3 is 2.68 bits per heavy atom. The Labute approximate surface area is 153 Å². The molecule has 0 fully saturated rings. The lowest BCUT2D eigenvalue weighted by Crippen LogP contribution is -2.31. The van der Waals surface area contributed by atoms with Crippen molar-refractivity contribution < 1.29 is 0 Å². The maximum Gasteiger partial charge on any atom is 0.186 e. The highest BCUT2D eigenvalue weighted by Gasteiger charge is 2.07. The lowest BCUT2D eigenvalue weighted by molar-refractivity contribution is 0.836. The molecule has 0 spiro atoms. The van der Waals surface area contributed by atoms with E-state index < -0.39 is 0 Å². The highest BCUT2D eigenvalue weighted by Crippen LogP contribution is 2.21. The second-order valence-electron chi connectivity index (χ2n) is 5.94. The molecular formula is C20H22N4S. The summed E-state index contributed by atoms with van der Waals surface area (Å²) in [4.78, 5) is 0. The van der Waals surface area contributed by atoms with Crippen LogP contribution in [0.1, 0.15) is 23.6 Å². The molecule has 4 nitrogen and oxygen atoms in total. The number of fused-ring (bicyclic) bond motifs is 1. The second-order valence-corrected chi connectivity index (χ2v) is 6.35. The minimum absolute atomic E-state index is 0.530. The van der Waals surface area contributed by atoms with Crippen molar-refractivity contribution in [3.05, 3.63) is 71.4 Å². The van der Waals surface area contributed by atoms with E-state index in [1.54, 1.807) is 0 Å². The maximum atomic E-state index is 5.13. The summed E-state index contributed by atoms with van der Waals surface area (Å²) >= 11 is 5.13. The van der Waals surface area contributed by atoms with Gasteiger partial charge in [-0.1, -0.05) is 48.0 Å². The molecule has 1 heterocycles. The second kappa shape index (κ2) is 7.94. The van der Waals surface area contributed by atoms with Gasteiger partial charge in [0.1, 0.15) is 0 Å². The van der Waals surface area contributed by atoms with E-state index in [1.807, 2.05) is 19.2 Å².